The van der Waals surface area contributed by atoms with Gasteiger partial charge in [0.25, 0.3) is 0 Å². The largest absolute Gasteiger partial charge is 0.384 e. The number of nitrogens with two attached hydrogens (primary N) is 1. The van der Waals surface area contributed by atoms with Crippen molar-refractivity contribution in [3.8, 4) is 0 Å². The molecule has 1 aromatic heterocycles. The third-order valence-electron chi connectivity index (χ3n) is 2.61. The lowest BCUT2D eigenvalue weighted by Gasteiger charge is -2.19. The van der Waals surface area contributed by atoms with Gasteiger partial charge in [-0.05, 0) is 12.1 Å². The number of nitrogen functional groups attached to an aromatic ring is 1. The zero-order chi connectivity index (χ0) is 13.8. The van der Waals surface area contributed by atoms with E-state index >= 15 is 0 Å². The summed E-state index contributed by atoms with van der Waals surface area (Å²) in [5.41, 5.74) is 6.14. The van der Waals surface area contributed by atoms with E-state index in [-0.39, 0.29) is 12.4 Å². The van der Waals surface area contributed by atoms with E-state index < -0.39 is 0 Å². The van der Waals surface area contributed by atoms with Crippen LogP contribution in [0.25, 0.3) is 0 Å². The van der Waals surface area contributed by atoms with Crippen LogP contribution in [0.4, 0.5) is 21.7 Å². The first-order valence-corrected chi connectivity index (χ1v) is 5.72. The highest BCUT2D eigenvalue weighted by atomic mass is 19.1. The molecule has 0 amide bonds. The van der Waals surface area contributed by atoms with Crippen LogP contribution in [-0.4, -0.2) is 24.1 Å². The van der Waals surface area contributed by atoms with Crippen molar-refractivity contribution in [3.63, 3.8) is 0 Å². The molecule has 19 heavy (non-hydrogen) atoms. The molecule has 1 heterocycles. The van der Waals surface area contributed by atoms with E-state index in [1.165, 1.54) is 6.07 Å². The van der Waals surface area contributed by atoms with Crippen LogP contribution in [0.5, 0.6) is 0 Å². The lowest BCUT2D eigenvalue weighted by molar-refractivity contribution is 0.178. The molecule has 0 aliphatic rings. The monoisotopic (exact) mass is 262 g/mol. The molecule has 2 N–H and O–H groups in total. The summed E-state index contributed by atoms with van der Waals surface area (Å²) in [4.78, 5) is 9.94. The highest BCUT2D eigenvalue weighted by molar-refractivity contribution is 5.61. The molecule has 0 fully saturated rings. The molecule has 0 spiro atoms. The van der Waals surface area contributed by atoms with Gasteiger partial charge in [0.1, 0.15) is 24.1 Å². The van der Waals surface area contributed by atoms with E-state index in [2.05, 4.69) is 9.97 Å². The Morgan fingerprint density at radius 2 is 2.05 bits per heavy atom. The molecular formula is C13H15FN4O. The van der Waals surface area contributed by atoms with Gasteiger partial charge in [-0.1, -0.05) is 12.1 Å². The van der Waals surface area contributed by atoms with Crippen LogP contribution in [0.15, 0.2) is 30.3 Å². The maximum atomic E-state index is 13.7. The van der Waals surface area contributed by atoms with Gasteiger partial charge in [0.15, 0.2) is 5.82 Å². The normalized spacial score (nSPS) is 10.5. The number of aromatic nitrogens is 2. The molecule has 0 atom stereocenters. The Balaban J connectivity index is 2.38. The van der Waals surface area contributed by atoms with Gasteiger partial charge < -0.3 is 15.4 Å². The quantitative estimate of drug-likeness (QED) is 0.914. The molecule has 2 aromatic rings. The number of hydrogen-bond donors (Lipinski definition) is 1. The second-order valence-electron chi connectivity index (χ2n) is 4.01. The van der Waals surface area contributed by atoms with Crippen LogP contribution in [-0.2, 0) is 11.3 Å². The Morgan fingerprint density at radius 1 is 1.32 bits per heavy atom. The van der Waals surface area contributed by atoms with Crippen molar-refractivity contribution < 1.29 is 9.13 Å². The second-order valence-corrected chi connectivity index (χ2v) is 4.01. The van der Waals surface area contributed by atoms with Crippen molar-refractivity contribution in [2.24, 2.45) is 0 Å². The van der Waals surface area contributed by atoms with Crippen LogP contribution in [0, 0.1) is 5.82 Å². The third kappa shape index (κ3) is 2.97. The maximum Gasteiger partial charge on any atom is 0.158 e. The standard InChI is InChI=1S/C13H15FN4O/c1-18(10-6-4-3-5-9(10)14)13-7-11(15)16-12(17-13)8-19-2/h3-7H,8H2,1-2H3,(H2,15,16,17). The SMILES string of the molecule is COCc1nc(N)cc(N(C)c2ccccc2F)n1. The fourth-order valence-corrected chi connectivity index (χ4v) is 1.72. The molecule has 0 aliphatic carbocycles. The van der Waals surface area contributed by atoms with E-state index in [0.717, 1.165) is 0 Å². The van der Waals surface area contributed by atoms with Crippen LogP contribution >= 0.6 is 0 Å². The molecule has 100 valence electrons. The Hall–Kier alpha value is -2.21. The summed E-state index contributed by atoms with van der Waals surface area (Å²) in [7, 11) is 3.27. The zero-order valence-corrected chi connectivity index (χ0v) is 10.8. The van der Waals surface area contributed by atoms with Crippen molar-refractivity contribution in [3.05, 3.63) is 42.0 Å². The number of para-hydroxylation sites is 1. The van der Waals surface area contributed by atoms with Gasteiger partial charge in [-0.2, -0.15) is 0 Å². The third-order valence-corrected chi connectivity index (χ3v) is 2.61. The Labute approximate surface area is 110 Å². The van der Waals surface area contributed by atoms with Gasteiger partial charge in [-0.15, -0.1) is 0 Å². The fraction of sp³-hybridized carbons (Fsp3) is 0.231. The van der Waals surface area contributed by atoms with E-state index in [9.17, 15) is 4.39 Å². The smallest absolute Gasteiger partial charge is 0.158 e. The highest BCUT2D eigenvalue weighted by Gasteiger charge is 2.12. The first-order valence-electron chi connectivity index (χ1n) is 5.72. The molecule has 2 rings (SSSR count). The minimum absolute atomic E-state index is 0.253. The number of benzene rings is 1. The zero-order valence-electron chi connectivity index (χ0n) is 10.8. The number of halogens is 1. The molecule has 0 bridgehead atoms. The number of rotatable bonds is 4. The number of ether oxygens (including phenoxy) is 1. The summed E-state index contributed by atoms with van der Waals surface area (Å²) < 4.78 is 18.7. The number of hydrogen-bond acceptors (Lipinski definition) is 5. The number of nitrogens with zero attached hydrogens (tertiary/aromatic N) is 3. The van der Waals surface area contributed by atoms with Crippen LogP contribution in [0.2, 0.25) is 0 Å². The van der Waals surface area contributed by atoms with Crippen molar-refractivity contribution in [1.29, 1.82) is 0 Å². The lowest BCUT2D eigenvalue weighted by atomic mass is 10.3. The average Bonchev–Trinajstić information content (AvgIpc) is 2.38. The van der Waals surface area contributed by atoms with Gasteiger partial charge in [0.2, 0.25) is 0 Å². The molecule has 1 aromatic carbocycles. The summed E-state index contributed by atoms with van der Waals surface area (Å²) in [6.07, 6.45) is 0. The summed E-state index contributed by atoms with van der Waals surface area (Å²) in [5.74, 6) is 0.973. The number of anilines is 3. The first kappa shape index (κ1) is 13.2. The van der Waals surface area contributed by atoms with Crippen molar-refractivity contribution >= 4 is 17.3 Å². The molecule has 0 radical (unpaired) electrons. The summed E-state index contributed by atoms with van der Waals surface area (Å²) in [5, 5.41) is 0. The summed E-state index contributed by atoms with van der Waals surface area (Å²) in [6.45, 7) is 0.253. The first-order chi connectivity index (χ1) is 9.11. The molecular weight excluding hydrogens is 247 g/mol. The van der Waals surface area contributed by atoms with Gasteiger partial charge in [-0.3, -0.25) is 0 Å². The van der Waals surface area contributed by atoms with Crippen molar-refractivity contribution in [1.82, 2.24) is 9.97 Å². The summed E-state index contributed by atoms with van der Waals surface area (Å²) in [6, 6.07) is 8.05. The second kappa shape index (κ2) is 5.62. The van der Waals surface area contributed by atoms with E-state index in [4.69, 9.17) is 10.5 Å². The Morgan fingerprint density at radius 3 is 2.74 bits per heavy atom. The highest BCUT2D eigenvalue weighted by Crippen LogP contribution is 2.25. The molecule has 0 saturated heterocycles. The molecule has 0 unspecified atom stereocenters. The van der Waals surface area contributed by atoms with Crippen molar-refractivity contribution in [2.75, 3.05) is 24.8 Å². The van der Waals surface area contributed by atoms with Crippen molar-refractivity contribution in [2.45, 2.75) is 6.61 Å². The molecule has 6 heteroatoms. The predicted molar refractivity (Wildman–Crippen MR) is 71.6 cm³/mol. The van der Waals surface area contributed by atoms with Crippen LogP contribution < -0.4 is 10.6 Å². The minimum atomic E-state index is -0.324. The van der Waals surface area contributed by atoms with Gasteiger partial charge in [0.05, 0.1) is 5.69 Å². The van der Waals surface area contributed by atoms with Gasteiger partial charge in [-0.25, -0.2) is 14.4 Å². The van der Waals surface area contributed by atoms with E-state index in [0.29, 0.717) is 23.1 Å². The topological polar surface area (TPSA) is 64.3 Å². The van der Waals surface area contributed by atoms with E-state index in [1.807, 2.05) is 0 Å². The van der Waals surface area contributed by atoms with E-state index in [1.54, 1.807) is 43.3 Å². The molecule has 0 aliphatic heterocycles. The van der Waals surface area contributed by atoms with Crippen LogP contribution in [0.1, 0.15) is 5.82 Å². The Bertz CT molecular complexity index is 576. The maximum absolute atomic E-state index is 13.7. The van der Waals surface area contributed by atoms with Gasteiger partial charge in [0, 0.05) is 20.2 Å². The lowest BCUT2D eigenvalue weighted by Crippen LogP contribution is -2.15. The predicted octanol–water partition coefficient (Wildman–Crippen LogP) is 2.11. The summed E-state index contributed by atoms with van der Waals surface area (Å²) >= 11 is 0. The average molecular weight is 262 g/mol. The van der Waals surface area contributed by atoms with Crippen LogP contribution in [0.3, 0.4) is 0 Å². The van der Waals surface area contributed by atoms with Gasteiger partial charge >= 0.3 is 0 Å². The molecule has 0 saturated carbocycles. The fourth-order valence-electron chi connectivity index (χ4n) is 1.72. The minimum Gasteiger partial charge on any atom is -0.384 e. The number of methoxy groups -OCH3 is 1. The Kier molecular flexibility index (Phi) is 3.91. The molecule has 5 nitrogen and oxygen atoms in total.